The summed E-state index contributed by atoms with van der Waals surface area (Å²) in [6.45, 7) is 6.49. The molecule has 0 aliphatic rings. The maximum Gasteiger partial charge on any atom is 0.310 e. The molecule has 0 saturated carbocycles. The molecule has 1 aromatic heterocycles. The number of hydrogen-bond donors (Lipinski definition) is 1. The first-order valence-electron chi connectivity index (χ1n) is 7.40. The average molecular weight is 292 g/mol. The van der Waals surface area contributed by atoms with Crippen LogP contribution in [0, 0.1) is 5.41 Å². The molecule has 1 aromatic rings. The first-order valence-corrected chi connectivity index (χ1v) is 7.40. The van der Waals surface area contributed by atoms with E-state index in [1.165, 1.54) is 0 Å². The fraction of sp³-hybridized carbons (Fsp3) is 0.562. The fourth-order valence-corrected chi connectivity index (χ4v) is 2.34. The monoisotopic (exact) mass is 292 g/mol. The van der Waals surface area contributed by atoms with E-state index in [0.717, 1.165) is 5.69 Å². The third-order valence-electron chi connectivity index (χ3n) is 4.11. The molecule has 21 heavy (non-hydrogen) atoms. The van der Waals surface area contributed by atoms with Crippen LogP contribution < -0.4 is 0 Å². The zero-order chi connectivity index (χ0) is 15.9. The third kappa shape index (κ3) is 4.28. The number of nitrogens with zero attached hydrogens (tertiary/aromatic N) is 2. The number of carbonyl (C=O) groups excluding carboxylic acids is 1. The van der Waals surface area contributed by atoms with Crippen molar-refractivity contribution < 1.29 is 14.7 Å². The molecule has 0 radical (unpaired) electrons. The number of aromatic nitrogens is 1. The largest absolute Gasteiger partial charge is 0.481 e. The van der Waals surface area contributed by atoms with Gasteiger partial charge in [0.15, 0.2) is 0 Å². The second-order valence-corrected chi connectivity index (χ2v) is 5.20. The lowest BCUT2D eigenvalue weighted by molar-refractivity contribution is -0.154. The van der Waals surface area contributed by atoms with E-state index in [1.807, 2.05) is 39.0 Å². The van der Waals surface area contributed by atoms with Gasteiger partial charge in [-0.25, -0.2) is 0 Å². The van der Waals surface area contributed by atoms with Crippen molar-refractivity contribution in [3.63, 3.8) is 0 Å². The Labute approximate surface area is 126 Å². The van der Waals surface area contributed by atoms with E-state index in [2.05, 4.69) is 4.98 Å². The molecule has 1 N–H and O–H groups in total. The molecular weight excluding hydrogens is 268 g/mol. The second-order valence-electron chi connectivity index (χ2n) is 5.20. The third-order valence-corrected chi connectivity index (χ3v) is 4.11. The summed E-state index contributed by atoms with van der Waals surface area (Å²) in [4.78, 5) is 29.8. The highest BCUT2D eigenvalue weighted by Crippen LogP contribution is 2.31. The lowest BCUT2D eigenvalue weighted by Crippen LogP contribution is -2.39. The Morgan fingerprint density at radius 2 is 1.90 bits per heavy atom. The highest BCUT2D eigenvalue weighted by atomic mass is 16.4. The summed E-state index contributed by atoms with van der Waals surface area (Å²) in [7, 11) is 0. The number of aliphatic carboxylic acids is 1. The van der Waals surface area contributed by atoms with Crippen LogP contribution in [0.15, 0.2) is 24.4 Å². The molecule has 5 heteroatoms. The summed E-state index contributed by atoms with van der Waals surface area (Å²) in [5.41, 5.74) is -0.157. The van der Waals surface area contributed by atoms with E-state index in [-0.39, 0.29) is 12.3 Å². The molecule has 0 saturated heterocycles. The SMILES string of the molecule is CCN(Cc1ccccn1)C(=O)CC(CC)(CC)C(=O)O. The van der Waals surface area contributed by atoms with E-state index in [0.29, 0.717) is 25.9 Å². The van der Waals surface area contributed by atoms with Crippen LogP contribution in [0.5, 0.6) is 0 Å². The van der Waals surface area contributed by atoms with Gasteiger partial charge in [0.1, 0.15) is 0 Å². The number of carboxylic acid groups (broad SMARTS) is 1. The van der Waals surface area contributed by atoms with Gasteiger partial charge < -0.3 is 10.0 Å². The summed E-state index contributed by atoms with van der Waals surface area (Å²) in [6, 6.07) is 5.56. The van der Waals surface area contributed by atoms with Crippen molar-refractivity contribution in [1.29, 1.82) is 0 Å². The topological polar surface area (TPSA) is 70.5 Å². The van der Waals surface area contributed by atoms with Crippen molar-refractivity contribution in [2.45, 2.75) is 46.6 Å². The molecule has 0 unspecified atom stereocenters. The van der Waals surface area contributed by atoms with Crippen molar-refractivity contribution in [3.8, 4) is 0 Å². The van der Waals surface area contributed by atoms with Gasteiger partial charge in [-0.2, -0.15) is 0 Å². The normalized spacial score (nSPS) is 11.2. The number of amides is 1. The van der Waals surface area contributed by atoms with E-state index in [9.17, 15) is 14.7 Å². The maximum absolute atomic E-state index is 12.5. The quantitative estimate of drug-likeness (QED) is 0.799. The summed E-state index contributed by atoms with van der Waals surface area (Å²) in [6.07, 6.45) is 2.63. The predicted octanol–water partition coefficient (Wildman–Crippen LogP) is 2.71. The minimum Gasteiger partial charge on any atom is -0.481 e. The molecule has 0 atom stereocenters. The Bertz CT molecular complexity index is 470. The summed E-state index contributed by atoms with van der Waals surface area (Å²) >= 11 is 0. The first-order chi connectivity index (χ1) is 9.99. The molecule has 1 rings (SSSR count). The number of carboxylic acids is 1. The molecule has 0 aliphatic heterocycles. The Morgan fingerprint density at radius 1 is 1.24 bits per heavy atom. The van der Waals surface area contributed by atoms with E-state index in [4.69, 9.17) is 0 Å². The zero-order valence-corrected chi connectivity index (χ0v) is 13.0. The van der Waals surface area contributed by atoms with Crippen LogP contribution >= 0.6 is 0 Å². The van der Waals surface area contributed by atoms with E-state index in [1.54, 1.807) is 11.1 Å². The van der Waals surface area contributed by atoms with Gasteiger partial charge in [0.2, 0.25) is 5.91 Å². The lowest BCUT2D eigenvalue weighted by atomic mass is 9.79. The predicted molar refractivity (Wildman–Crippen MR) is 80.6 cm³/mol. The minimum atomic E-state index is -0.964. The average Bonchev–Trinajstić information content (AvgIpc) is 2.50. The molecular formula is C16H24N2O3. The van der Waals surface area contributed by atoms with Gasteiger partial charge in [-0.05, 0) is 31.9 Å². The van der Waals surface area contributed by atoms with Gasteiger partial charge >= 0.3 is 5.97 Å². The Morgan fingerprint density at radius 3 is 2.33 bits per heavy atom. The Balaban J connectivity index is 2.81. The zero-order valence-electron chi connectivity index (χ0n) is 13.0. The second kappa shape index (κ2) is 7.76. The fourth-order valence-electron chi connectivity index (χ4n) is 2.34. The summed E-state index contributed by atoms with van der Waals surface area (Å²) in [5, 5.41) is 9.43. The molecule has 0 aromatic carbocycles. The highest BCUT2D eigenvalue weighted by molar-refractivity contribution is 5.85. The van der Waals surface area contributed by atoms with Crippen LogP contribution in [0.2, 0.25) is 0 Å². The number of carbonyl (C=O) groups is 2. The van der Waals surface area contributed by atoms with Crippen LogP contribution in [0.1, 0.15) is 45.7 Å². The molecule has 0 bridgehead atoms. The minimum absolute atomic E-state index is 0.0377. The number of pyridine rings is 1. The van der Waals surface area contributed by atoms with E-state index < -0.39 is 11.4 Å². The van der Waals surface area contributed by atoms with Crippen LogP contribution in [0.3, 0.4) is 0 Å². The highest BCUT2D eigenvalue weighted by Gasteiger charge is 2.38. The van der Waals surface area contributed by atoms with Crippen LogP contribution in [-0.2, 0) is 16.1 Å². The molecule has 0 fully saturated rings. The number of hydrogen-bond acceptors (Lipinski definition) is 3. The standard InChI is InChI=1S/C16H24N2O3/c1-4-16(5-2,15(20)21)11-14(19)18(6-3)12-13-9-7-8-10-17-13/h7-10H,4-6,11-12H2,1-3H3,(H,20,21). The summed E-state index contributed by atoms with van der Waals surface area (Å²) in [5.74, 6) is -1.02. The van der Waals surface area contributed by atoms with Gasteiger partial charge in [-0.1, -0.05) is 19.9 Å². The van der Waals surface area contributed by atoms with Gasteiger partial charge in [-0.3, -0.25) is 14.6 Å². The van der Waals surface area contributed by atoms with Gasteiger partial charge in [0, 0.05) is 19.2 Å². The molecule has 0 aliphatic carbocycles. The molecule has 0 spiro atoms. The van der Waals surface area contributed by atoms with Gasteiger partial charge in [0.05, 0.1) is 17.7 Å². The molecule has 1 amide bonds. The Hall–Kier alpha value is -1.91. The van der Waals surface area contributed by atoms with E-state index >= 15 is 0 Å². The van der Waals surface area contributed by atoms with Crippen LogP contribution in [0.25, 0.3) is 0 Å². The lowest BCUT2D eigenvalue weighted by Gasteiger charge is -2.29. The first kappa shape index (κ1) is 17.1. The van der Waals surface area contributed by atoms with Crippen molar-refractivity contribution in [2.24, 2.45) is 5.41 Å². The van der Waals surface area contributed by atoms with Crippen molar-refractivity contribution in [1.82, 2.24) is 9.88 Å². The van der Waals surface area contributed by atoms with Crippen molar-refractivity contribution >= 4 is 11.9 Å². The summed E-state index contributed by atoms with van der Waals surface area (Å²) < 4.78 is 0. The van der Waals surface area contributed by atoms with Gasteiger partial charge in [0.25, 0.3) is 0 Å². The van der Waals surface area contributed by atoms with Crippen molar-refractivity contribution in [3.05, 3.63) is 30.1 Å². The molecule has 1 heterocycles. The van der Waals surface area contributed by atoms with Crippen LogP contribution in [-0.4, -0.2) is 33.4 Å². The number of rotatable bonds is 8. The smallest absolute Gasteiger partial charge is 0.310 e. The Kier molecular flexibility index (Phi) is 6.34. The van der Waals surface area contributed by atoms with Crippen LogP contribution in [0.4, 0.5) is 0 Å². The molecule has 116 valence electrons. The van der Waals surface area contributed by atoms with Crippen molar-refractivity contribution in [2.75, 3.05) is 6.54 Å². The van der Waals surface area contributed by atoms with Gasteiger partial charge in [-0.15, -0.1) is 0 Å². The molecule has 5 nitrogen and oxygen atoms in total. The maximum atomic E-state index is 12.5.